The number of sulfonamides is 1. The van der Waals surface area contributed by atoms with E-state index >= 15 is 0 Å². The van der Waals surface area contributed by atoms with Crippen LogP contribution in [0.25, 0.3) is 0 Å². The van der Waals surface area contributed by atoms with Crippen molar-refractivity contribution in [1.29, 1.82) is 0 Å². The summed E-state index contributed by atoms with van der Waals surface area (Å²) in [4.78, 5) is 0.274. The van der Waals surface area contributed by atoms with Gasteiger partial charge in [-0.3, -0.25) is 0 Å². The number of hydrogen-bond donors (Lipinski definition) is 1. The second-order valence-corrected chi connectivity index (χ2v) is 6.23. The van der Waals surface area contributed by atoms with Gasteiger partial charge in [0.25, 0.3) is 0 Å². The molecule has 0 aliphatic rings. The minimum absolute atomic E-state index is 0.245. The molecule has 0 saturated carbocycles. The Morgan fingerprint density at radius 1 is 1.33 bits per heavy atom. The van der Waals surface area contributed by atoms with Crippen LogP contribution in [0.2, 0.25) is 0 Å². The molecule has 0 spiro atoms. The van der Waals surface area contributed by atoms with E-state index in [2.05, 4.69) is 20.7 Å². The summed E-state index contributed by atoms with van der Waals surface area (Å²) in [6.45, 7) is 4.60. The average Bonchev–Trinajstić information content (AvgIpc) is 2.36. The molecule has 0 radical (unpaired) electrons. The Hall–Kier alpha value is -0.430. The number of rotatable bonds is 7. The van der Waals surface area contributed by atoms with Crippen molar-refractivity contribution in [2.24, 2.45) is 0 Å². The van der Waals surface area contributed by atoms with Crippen molar-refractivity contribution in [2.75, 3.05) is 13.2 Å². The Kier molecular flexibility index (Phi) is 6.28. The van der Waals surface area contributed by atoms with Gasteiger partial charge >= 0.3 is 0 Å². The van der Waals surface area contributed by atoms with Gasteiger partial charge in [0.1, 0.15) is 0 Å². The maximum absolute atomic E-state index is 12.0. The lowest BCUT2D eigenvalue weighted by atomic mass is 10.2. The van der Waals surface area contributed by atoms with Gasteiger partial charge in [0.15, 0.2) is 0 Å². The van der Waals surface area contributed by atoms with E-state index in [4.69, 9.17) is 4.74 Å². The molecule has 1 N–H and O–H groups in total. The second kappa shape index (κ2) is 7.23. The van der Waals surface area contributed by atoms with Crippen LogP contribution in [0.1, 0.15) is 19.4 Å². The Bertz CT molecular complexity index is 459. The van der Waals surface area contributed by atoms with E-state index in [1.807, 2.05) is 6.92 Å². The van der Waals surface area contributed by atoms with Crippen molar-refractivity contribution in [3.63, 3.8) is 0 Å². The molecule has 0 aromatic heterocycles. The van der Waals surface area contributed by atoms with E-state index < -0.39 is 10.0 Å². The van der Waals surface area contributed by atoms with Crippen LogP contribution in [-0.2, 0) is 20.1 Å². The molecule has 0 aliphatic heterocycles. The van der Waals surface area contributed by atoms with Gasteiger partial charge in [0.05, 0.1) is 11.5 Å². The van der Waals surface area contributed by atoms with Gasteiger partial charge in [-0.15, -0.1) is 0 Å². The molecule has 0 amide bonds. The van der Waals surface area contributed by atoms with Gasteiger partial charge in [-0.1, -0.05) is 28.1 Å². The van der Waals surface area contributed by atoms with Crippen LogP contribution in [0, 0.1) is 0 Å². The fourth-order valence-corrected chi connectivity index (χ4v) is 3.02. The SMILES string of the molecule is CCOCC(C)NS(=O)(=O)c1ccc(CBr)cc1. The molecule has 1 aromatic rings. The third-order valence-electron chi connectivity index (χ3n) is 2.32. The second-order valence-electron chi connectivity index (χ2n) is 3.96. The molecule has 4 nitrogen and oxygen atoms in total. The highest BCUT2D eigenvalue weighted by Gasteiger charge is 2.16. The first-order valence-electron chi connectivity index (χ1n) is 5.74. The molecule has 1 aromatic carbocycles. The number of nitrogens with one attached hydrogen (secondary N) is 1. The van der Waals surface area contributed by atoms with Crippen molar-refractivity contribution in [2.45, 2.75) is 30.1 Å². The lowest BCUT2D eigenvalue weighted by molar-refractivity contribution is 0.133. The molecule has 6 heteroatoms. The van der Waals surface area contributed by atoms with Gasteiger partial charge in [0, 0.05) is 18.0 Å². The van der Waals surface area contributed by atoms with Crippen LogP contribution in [0.5, 0.6) is 0 Å². The van der Waals surface area contributed by atoms with Gasteiger partial charge in [0.2, 0.25) is 10.0 Å². The fraction of sp³-hybridized carbons (Fsp3) is 0.500. The molecule has 0 saturated heterocycles. The van der Waals surface area contributed by atoms with Gasteiger partial charge in [-0.05, 0) is 31.5 Å². The zero-order chi connectivity index (χ0) is 13.6. The summed E-state index contributed by atoms with van der Waals surface area (Å²) in [5.41, 5.74) is 1.04. The van der Waals surface area contributed by atoms with E-state index in [0.717, 1.165) is 5.56 Å². The third-order valence-corrected chi connectivity index (χ3v) is 4.57. The van der Waals surface area contributed by atoms with E-state index in [1.165, 1.54) is 0 Å². The Balaban J connectivity index is 2.73. The summed E-state index contributed by atoms with van der Waals surface area (Å²) in [6.07, 6.45) is 0. The highest BCUT2D eigenvalue weighted by molar-refractivity contribution is 9.08. The maximum Gasteiger partial charge on any atom is 0.240 e. The molecule has 0 heterocycles. The first-order valence-corrected chi connectivity index (χ1v) is 8.35. The van der Waals surface area contributed by atoms with E-state index in [1.54, 1.807) is 31.2 Å². The van der Waals surface area contributed by atoms with Crippen LogP contribution in [-0.4, -0.2) is 27.7 Å². The third kappa shape index (κ3) is 4.68. The van der Waals surface area contributed by atoms with E-state index in [9.17, 15) is 8.42 Å². The first kappa shape index (κ1) is 15.6. The largest absolute Gasteiger partial charge is 0.380 e. The van der Waals surface area contributed by atoms with Crippen LogP contribution < -0.4 is 4.72 Å². The molecule has 0 fully saturated rings. The molecule has 1 unspecified atom stereocenters. The zero-order valence-corrected chi connectivity index (χ0v) is 12.9. The number of ether oxygens (including phenoxy) is 1. The van der Waals surface area contributed by atoms with Crippen molar-refractivity contribution in [3.8, 4) is 0 Å². The van der Waals surface area contributed by atoms with Crippen molar-refractivity contribution in [1.82, 2.24) is 4.72 Å². The summed E-state index contributed by atoms with van der Waals surface area (Å²) in [7, 11) is -3.46. The summed E-state index contributed by atoms with van der Waals surface area (Å²) >= 11 is 3.32. The Labute approximate surface area is 117 Å². The number of hydrogen-bond acceptors (Lipinski definition) is 3. The Morgan fingerprint density at radius 2 is 1.94 bits per heavy atom. The lowest BCUT2D eigenvalue weighted by Crippen LogP contribution is -2.35. The quantitative estimate of drug-likeness (QED) is 0.778. The minimum Gasteiger partial charge on any atom is -0.380 e. The minimum atomic E-state index is -3.46. The Morgan fingerprint density at radius 3 is 2.44 bits per heavy atom. The number of halogens is 1. The standard InChI is InChI=1S/C12H18BrNO3S/c1-3-17-9-10(2)14-18(15,16)12-6-4-11(8-13)5-7-12/h4-7,10,14H,3,8-9H2,1-2H3. The molecule has 0 aliphatic carbocycles. The summed E-state index contributed by atoms with van der Waals surface area (Å²) in [6, 6.07) is 6.54. The summed E-state index contributed by atoms with van der Waals surface area (Å²) < 4.78 is 31.8. The van der Waals surface area contributed by atoms with Crippen molar-refractivity contribution < 1.29 is 13.2 Å². The highest BCUT2D eigenvalue weighted by Crippen LogP contribution is 2.12. The zero-order valence-electron chi connectivity index (χ0n) is 10.5. The summed E-state index contributed by atoms with van der Waals surface area (Å²) in [5.74, 6) is 0. The summed E-state index contributed by atoms with van der Waals surface area (Å²) in [5, 5.41) is 0.710. The predicted molar refractivity (Wildman–Crippen MR) is 75.3 cm³/mol. The van der Waals surface area contributed by atoms with Crippen LogP contribution in [0.3, 0.4) is 0 Å². The van der Waals surface area contributed by atoms with Crippen LogP contribution in [0.15, 0.2) is 29.2 Å². The number of alkyl halides is 1. The molecular weight excluding hydrogens is 318 g/mol. The van der Waals surface area contributed by atoms with Crippen molar-refractivity contribution >= 4 is 26.0 Å². The fourth-order valence-electron chi connectivity index (χ4n) is 1.42. The molecule has 1 rings (SSSR count). The monoisotopic (exact) mass is 335 g/mol. The molecule has 102 valence electrons. The van der Waals surface area contributed by atoms with Crippen molar-refractivity contribution in [3.05, 3.63) is 29.8 Å². The first-order chi connectivity index (χ1) is 8.49. The molecular formula is C12H18BrNO3S. The van der Waals surface area contributed by atoms with Crippen LogP contribution >= 0.6 is 15.9 Å². The van der Waals surface area contributed by atoms with Gasteiger partial charge in [-0.25, -0.2) is 13.1 Å². The average molecular weight is 336 g/mol. The number of benzene rings is 1. The highest BCUT2D eigenvalue weighted by atomic mass is 79.9. The molecule has 1 atom stereocenters. The van der Waals surface area contributed by atoms with E-state index in [-0.39, 0.29) is 10.9 Å². The van der Waals surface area contributed by atoms with Crippen LogP contribution in [0.4, 0.5) is 0 Å². The molecule has 18 heavy (non-hydrogen) atoms. The topological polar surface area (TPSA) is 55.4 Å². The predicted octanol–water partition coefficient (Wildman–Crippen LogP) is 2.28. The maximum atomic E-state index is 12.0. The van der Waals surface area contributed by atoms with Gasteiger partial charge < -0.3 is 4.74 Å². The lowest BCUT2D eigenvalue weighted by Gasteiger charge is -2.14. The molecule has 0 bridgehead atoms. The smallest absolute Gasteiger partial charge is 0.240 e. The van der Waals surface area contributed by atoms with E-state index in [0.29, 0.717) is 18.5 Å². The van der Waals surface area contributed by atoms with Gasteiger partial charge in [-0.2, -0.15) is 0 Å². The normalized spacial score (nSPS) is 13.5.